The van der Waals surface area contributed by atoms with Gasteiger partial charge in [0.2, 0.25) is 0 Å². The maximum Gasteiger partial charge on any atom is 0.0965 e. The van der Waals surface area contributed by atoms with Crippen LogP contribution in [-0.4, -0.2) is 87.5 Å². The number of halogens is 2. The van der Waals surface area contributed by atoms with Crippen LogP contribution in [0.3, 0.4) is 0 Å². The van der Waals surface area contributed by atoms with Gasteiger partial charge in [-0.1, -0.05) is 57.2 Å². The Morgan fingerprint density at radius 1 is 0.514 bits per heavy atom. The number of hydrogen-bond donors (Lipinski definition) is 0. The standard InChI is InChI=1S/C16H27N2.C15H25N2.2HI/c1-3-12-18(13-4-2)14-10-17(11-15-18)16-8-6-5-7-9-16;1-3-12-17(4-2)13-10-16(11-14-17)15-8-6-5-7-9-15;;/h5-9H,3-4,10-15H2,1-2H3;5-9H,3-4,10-14H2,1-2H3;2*1H/q2*+1;;/p-2. The van der Waals surface area contributed by atoms with Gasteiger partial charge in [-0.25, -0.2) is 0 Å². The van der Waals surface area contributed by atoms with E-state index in [9.17, 15) is 0 Å². The van der Waals surface area contributed by atoms with Gasteiger partial charge >= 0.3 is 0 Å². The summed E-state index contributed by atoms with van der Waals surface area (Å²) in [5.41, 5.74) is 2.78. The molecule has 4 nitrogen and oxygen atoms in total. The average molecular weight is 735 g/mol. The minimum absolute atomic E-state index is 0. The number of likely N-dealkylation sites (N-methyl/N-ethyl adjacent to an activating group) is 1. The number of anilines is 2. The van der Waals surface area contributed by atoms with Gasteiger partial charge in [0, 0.05) is 11.4 Å². The molecule has 0 N–H and O–H groups in total. The lowest BCUT2D eigenvalue weighted by molar-refractivity contribution is -0.928. The Morgan fingerprint density at radius 3 is 1.16 bits per heavy atom. The Bertz CT molecular complexity index is 810. The summed E-state index contributed by atoms with van der Waals surface area (Å²) in [6.07, 6.45) is 3.93. The molecule has 2 fully saturated rings. The molecule has 4 rings (SSSR count). The second kappa shape index (κ2) is 17.9. The highest BCUT2D eigenvalue weighted by Gasteiger charge is 2.31. The SMILES string of the molecule is CCC[N+]1(CC)CCN(c2ccccc2)CC1.CCC[N+]1(CCC)CCN(c2ccccc2)CC1.[I-].[I-]. The van der Waals surface area contributed by atoms with E-state index < -0.39 is 0 Å². The molecular weight excluding hydrogens is 682 g/mol. The largest absolute Gasteiger partial charge is 1.00 e. The molecule has 210 valence electrons. The monoisotopic (exact) mass is 734 g/mol. The van der Waals surface area contributed by atoms with E-state index in [0.717, 1.165) is 0 Å². The molecule has 2 aromatic carbocycles. The van der Waals surface area contributed by atoms with Crippen molar-refractivity contribution >= 4 is 11.4 Å². The Labute approximate surface area is 262 Å². The highest BCUT2D eigenvalue weighted by Crippen LogP contribution is 2.21. The number of nitrogens with zero attached hydrogens (tertiary/aromatic N) is 4. The van der Waals surface area contributed by atoms with Crippen LogP contribution in [0.5, 0.6) is 0 Å². The smallest absolute Gasteiger partial charge is 0.0965 e. The van der Waals surface area contributed by atoms with Crippen molar-refractivity contribution in [3.05, 3.63) is 60.7 Å². The zero-order valence-electron chi connectivity index (χ0n) is 23.9. The maximum atomic E-state index is 2.54. The van der Waals surface area contributed by atoms with Gasteiger partial charge in [0.25, 0.3) is 0 Å². The highest BCUT2D eigenvalue weighted by molar-refractivity contribution is 5.46. The van der Waals surface area contributed by atoms with Gasteiger partial charge in [-0.2, -0.15) is 0 Å². The van der Waals surface area contributed by atoms with Crippen molar-refractivity contribution in [3.8, 4) is 0 Å². The van der Waals surface area contributed by atoms with Crippen molar-refractivity contribution in [2.45, 2.75) is 47.0 Å². The molecule has 2 heterocycles. The van der Waals surface area contributed by atoms with Crippen LogP contribution < -0.4 is 57.8 Å². The fourth-order valence-corrected chi connectivity index (χ4v) is 6.25. The summed E-state index contributed by atoms with van der Waals surface area (Å²) in [5, 5.41) is 0. The van der Waals surface area contributed by atoms with Gasteiger partial charge in [-0.05, 0) is 50.5 Å². The lowest BCUT2D eigenvalue weighted by Crippen LogP contribution is -3.00. The topological polar surface area (TPSA) is 6.48 Å². The molecule has 0 bridgehead atoms. The number of benzene rings is 2. The van der Waals surface area contributed by atoms with Gasteiger partial charge in [0.05, 0.1) is 78.5 Å². The van der Waals surface area contributed by atoms with E-state index in [1.165, 1.54) is 118 Å². The van der Waals surface area contributed by atoms with Crippen LogP contribution in [0.1, 0.15) is 47.0 Å². The Morgan fingerprint density at radius 2 is 0.838 bits per heavy atom. The van der Waals surface area contributed by atoms with Crippen molar-refractivity contribution in [2.75, 3.05) is 88.3 Å². The second-order valence-electron chi connectivity index (χ2n) is 10.7. The normalized spacial score (nSPS) is 18.1. The summed E-state index contributed by atoms with van der Waals surface area (Å²) in [5.74, 6) is 0. The minimum Gasteiger partial charge on any atom is -1.00 e. The number of piperazine rings is 2. The molecule has 0 aromatic heterocycles. The number of quaternary nitrogens is 2. The third kappa shape index (κ3) is 10.2. The van der Waals surface area contributed by atoms with Crippen LogP contribution in [-0.2, 0) is 0 Å². The quantitative estimate of drug-likeness (QED) is 0.263. The van der Waals surface area contributed by atoms with E-state index >= 15 is 0 Å². The lowest BCUT2D eigenvalue weighted by atomic mass is 10.1. The zero-order valence-corrected chi connectivity index (χ0v) is 28.2. The predicted octanol–water partition coefficient (Wildman–Crippen LogP) is -0.0953. The van der Waals surface area contributed by atoms with Crippen molar-refractivity contribution in [1.82, 2.24) is 0 Å². The van der Waals surface area contributed by atoms with Gasteiger partial charge in [-0.15, -0.1) is 0 Å². The van der Waals surface area contributed by atoms with Gasteiger partial charge < -0.3 is 66.7 Å². The van der Waals surface area contributed by atoms with Crippen molar-refractivity contribution in [2.24, 2.45) is 0 Å². The molecule has 2 saturated heterocycles. The molecular formula is C31H52I2N4. The Hall–Kier alpha value is -0.580. The molecule has 2 aliphatic rings. The number of rotatable bonds is 9. The number of para-hydroxylation sites is 2. The van der Waals surface area contributed by atoms with Crippen molar-refractivity contribution in [1.29, 1.82) is 0 Å². The van der Waals surface area contributed by atoms with E-state index in [2.05, 4.69) is 98.2 Å². The van der Waals surface area contributed by atoms with Crippen molar-refractivity contribution < 1.29 is 56.9 Å². The van der Waals surface area contributed by atoms with Crippen LogP contribution in [0.15, 0.2) is 60.7 Å². The summed E-state index contributed by atoms with van der Waals surface area (Å²) in [7, 11) is 0. The third-order valence-electron chi connectivity index (χ3n) is 8.38. The van der Waals surface area contributed by atoms with Crippen LogP contribution in [0.4, 0.5) is 11.4 Å². The van der Waals surface area contributed by atoms with Crippen LogP contribution in [0, 0.1) is 0 Å². The first kappa shape index (κ1) is 34.4. The molecule has 2 aliphatic heterocycles. The maximum absolute atomic E-state index is 2.54. The first-order chi connectivity index (χ1) is 17.1. The van der Waals surface area contributed by atoms with Gasteiger partial charge in [0.15, 0.2) is 0 Å². The molecule has 0 spiro atoms. The lowest BCUT2D eigenvalue weighted by Gasteiger charge is -2.45. The van der Waals surface area contributed by atoms with Gasteiger partial charge in [-0.3, -0.25) is 0 Å². The van der Waals surface area contributed by atoms with Crippen LogP contribution in [0.25, 0.3) is 0 Å². The van der Waals surface area contributed by atoms with E-state index in [1.807, 2.05) is 0 Å². The molecule has 37 heavy (non-hydrogen) atoms. The van der Waals surface area contributed by atoms with Crippen LogP contribution in [0.2, 0.25) is 0 Å². The molecule has 0 unspecified atom stereocenters. The third-order valence-corrected chi connectivity index (χ3v) is 8.38. The summed E-state index contributed by atoms with van der Waals surface area (Å²) >= 11 is 0. The molecule has 0 saturated carbocycles. The van der Waals surface area contributed by atoms with Crippen molar-refractivity contribution in [3.63, 3.8) is 0 Å². The fraction of sp³-hybridized carbons (Fsp3) is 0.613. The molecule has 6 heteroatoms. The molecule has 2 aromatic rings. The Balaban J connectivity index is 0.000000351. The zero-order chi connectivity index (χ0) is 25.0. The number of hydrogen-bond acceptors (Lipinski definition) is 2. The molecule has 0 aliphatic carbocycles. The van der Waals surface area contributed by atoms with Gasteiger partial charge in [0.1, 0.15) is 0 Å². The Kier molecular flexibility index (Phi) is 16.7. The second-order valence-corrected chi connectivity index (χ2v) is 10.7. The molecule has 0 atom stereocenters. The first-order valence-electron chi connectivity index (χ1n) is 14.4. The minimum atomic E-state index is 0. The molecule has 0 radical (unpaired) electrons. The van der Waals surface area contributed by atoms with Crippen LogP contribution >= 0.6 is 0 Å². The van der Waals surface area contributed by atoms with E-state index in [1.54, 1.807) is 0 Å². The molecule has 0 amide bonds. The van der Waals surface area contributed by atoms with E-state index in [4.69, 9.17) is 0 Å². The highest BCUT2D eigenvalue weighted by atomic mass is 127. The summed E-state index contributed by atoms with van der Waals surface area (Å²) < 4.78 is 2.66. The summed E-state index contributed by atoms with van der Waals surface area (Å²) in [4.78, 5) is 5.07. The predicted molar refractivity (Wildman–Crippen MR) is 153 cm³/mol. The average Bonchev–Trinajstić information content (AvgIpc) is 2.91. The van der Waals surface area contributed by atoms with E-state index in [0.29, 0.717) is 0 Å². The summed E-state index contributed by atoms with van der Waals surface area (Å²) in [6.45, 7) is 24.7. The summed E-state index contributed by atoms with van der Waals surface area (Å²) in [6, 6.07) is 21.7. The first-order valence-corrected chi connectivity index (χ1v) is 14.4. The van der Waals surface area contributed by atoms with E-state index in [-0.39, 0.29) is 48.0 Å². The fourth-order valence-electron chi connectivity index (χ4n) is 6.25.